The maximum Gasteiger partial charge on any atom is 0.357 e. The van der Waals surface area contributed by atoms with Gasteiger partial charge in [0.2, 0.25) is 0 Å². The molecule has 0 fully saturated rings. The van der Waals surface area contributed by atoms with Crippen LogP contribution >= 0.6 is 0 Å². The van der Waals surface area contributed by atoms with E-state index in [1.165, 1.54) is 12.1 Å². The Labute approximate surface area is 104 Å². The summed E-state index contributed by atoms with van der Waals surface area (Å²) in [6.45, 7) is 0. The molecule has 1 N–H and O–H groups in total. The Morgan fingerprint density at radius 2 is 1.72 bits per heavy atom. The van der Waals surface area contributed by atoms with E-state index in [4.69, 9.17) is 0 Å². The Kier molecular flexibility index (Phi) is 2.96. The van der Waals surface area contributed by atoms with Crippen molar-refractivity contribution in [3.8, 4) is 5.75 Å². The molecular weight excluding hydrogens is 256 g/mol. The molecule has 2 aromatic carbocycles. The van der Waals surface area contributed by atoms with Crippen molar-refractivity contribution in [3.63, 3.8) is 0 Å². The van der Waals surface area contributed by atoms with Gasteiger partial charge in [0.1, 0.15) is 11.3 Å². The van der Waals surface area contributed by atoms with Gasteiger partial charge in [-0.2, -0.15) is 8.42 Å². The molecule has 0 aromatic heterocycles. The summed E-state index contributed by atoms with van der Waals surface area (Å²) in [5.74, 6) is -1.41. The first kappa shape index (κ1) is 12.4. The van der Waals surface area contributed by atoms with Crippen LogP contribution in [-0.4, -0.2) is 25.7 Å². The van der Waals surface area contributed by atoms with Crippen LogP contribution in [-0.2, 0) is 14.3 Å². The molecule has 18 heavy (non-hydrogen) atoms. The van der Waals surface area contributed by atoms with Crippen molar-refractivity contribution in [3.05, 3.63) is 42.0 Å². The van der Waals surface area contributed by atoms with Crippen LogP contribution < -0.4 is 0 Å². The molecule has 0 saturated heterocycles. The van der Waals surface area contributed by atoms with Crippen LogP contribution in [0, 0.1) is 0 Å². The lowest BCUT2D eigenvalue weighted by molar-refractivity contribution is 0.0745. The number of fused-ring (bicyclic) bond motifs is 1. The Balaban J connectivity index is 2.51. The first-order chi connectivity index (χ1) is 8.37. The zero-order chi connectivity index (χ0) is 13.3. The number of phenols is 1. The number of benzene rings is 2. The topological polar surface area (TPSA) is 80.7 Å². The zero-order valence-corrected chi connectivity index (χ0v) is 10.3. The summed E-state index contributed by atoms with van der Waals surface area (Å²) in [5.41, 5.74) is -0.181. The van der Waals surface area contributed by atoms with Gasteiger partial charge in [-0.15, -0.1) is 0 Å². The van der Waals surface area contributed by atoms with E-state index in [0.717, 1.165) is 11.6 Å². The SMILES string of the molecule is CS(=O)(=O)OC(=O)c1cc2ccccc2cc1O. The lowest BCUT2D eigenvalue weighted by atomic mass is 10.1. The third kappa shape index (κ3) is 2.60. The number of rotatable bonds is 2. The number of phenolic OH excluding ortho intramolecular Hbond substituents is 1. The van der Waals surface area contributed by atoms with E-state index >= 15 is 0 Å². The average molecular weight is 266 g/mol. The van der Waals surface area contributed by atoms with Gasteiger partial charge >= 0.3 is 16.1 Å². The van der Waals surface area contributed by atoms with Crippen molar-refractivity contribution >= 4 is 26.9 Å². The Bertz CT molecular complexity index is 718. The molecule has 0 bridgehead atoms. The standard InChI is InChI=1S/C12H10O5S/c1-18(15,16)17-12(14)10-6-8-4-2-3-5-9(8)7-11(10)13/h2-7,13H,1H3. The molecule has 0 aliphatic carbocycles. The Morgan fingerprint density at radius 1 is 1.17 bits per heavy atom. The van der Waals surface area contributed by atoms with Gasteiger partial charge in [0, 0.05) is 0 Å². The van der Waals surface area contributed by atoms with Crippen LogP contribution in [0.1, 0.15) is 10.4 Å². The summed E-state index contributed by atoms with van der Waals surface area (Å²) < 4.78 is 26.0. The van der Waals surface area contributed by atoms with E-state index < -0.39 is 16.1 Å². The smallest absolute Gasteiger partial charge is 0.357 e. The predicted molar refractivity (Wildman–Crippen MR) is 65.9 cm³/mol. The average Bonchev–Trinajstić information content (AvgIpc) is 2.25. The van der Waals surface area contributed by atoms with Gasteiger partial charge < -0.3 is 9.29 Å². The summed E-state index contributed by atoms with van der Waals surface area (Å²) in [7, 11) is -3.90. The van der Waals surface area contributed by atoms with Crippen molar-refractivity contribution < 1.29 is 22.5 Å². The van der Waals surface area contributed by atoms with Gasteiger partial charge in [-0.05, 0) is 22.9 Å². The van der Waals surface area contributed by atoms with Gasteiger partial charge in [0.05, 0.1) is 6.26 Å². The van der Waals surface area contributed by atoms with Gasteiger partial charge in [-0.1, -0.05) is 24.3 Å². The Hall–Kier alpha value is -2.08. The van der Waals surface area contributed by atoms with Gasteiger partial charge in [-0.25, -0.2) is 4.79 Å². The number of hydrogen-bond acceptors (Lipinski definition) is 5. The number of carbonyl (C=O) groups excluding carboxylic acids is 1. The molecule has 0 aliphatic heterocycles. The van der Waals surface area contributed by atoms with E-state index in [1.54, 1.807) is 24.3 Å². The number of aromatic hydroxyl groups is 1. The second-order valence-corrected chi connectivity index (χ2v) is 5.37. The zero-order valence-electron chi connectivity index (χ0n) is 9.45. The van der Waals surface area contributed by atoms with E-state index in [1.807, 2.05) is 0 Å². The van der Waals surface area contributed by atoms with E-state index in [-0.39, 0.29) is 11.3 Å². The van der Waals surface area contributed by atoms with Crippen LogP contribution in [0.3, 0.4) is 0 Å². The monoisotopic (exact) mass is 266 g/mol. The molecule has 0 radical (unpaired) electrons. The number of carbonyl (C=O) groups is 1. The van der Waals surface area contributed by atoms with Crippen LogP contribution in [0.5, 0.6) is 5.75 Å². The molecule has 6 heteroatoms. The maximum absolute atomic E-state index is 11.6. The third-order valence-corrected chi connectivity index (χ3v) is 2.77. The Morgan fingerprint density at radius 3 is 2.28 bits per heavy atom. The minimum absolute atomic E-state index is 0.181. The van der Waals surface area contributed by atoms with Crippen molar-refractivity contribution in [2.24, 2.45) is 0 Å². The summed E-state index contributed by atoms with van der Waals surface area (Å²) >= 11 is 0. The van der Waals surface area contributed by atoms with Gasteiger partial charge in [0.25, 0.3) is 0 Å². The minimum Gasteiger partial charge on any atom is -0.507 e. The largest absolute Gasteiger partial charge is 0.507 e. The molecule has 0 atom stereocenters. The van der Waals surface area contributed by atoms with Crippen LogP contribution in [0.15, 0.2) is 36.4 Å². The van der Waals surface area contributed by atoms with Crippen LogP contribution in [0.25, 0.3) is 10.8 Å². The molecule has 0 heterocycles. The van der Waals surface area contributed by atoms with Crippen LogP contribution in [0.4, 0.5) is 0 Å². The molecule has 2 rings (SSSR count). The van der Waals surface area contributed by atoms with Gasteiger partial charge in [-0.3, -0.25) is 0 Å². The lowest BCUT2D eigenvalue weighted by Gasteiger charge is -2.06. The first-order valence-corrected chi connectivity index (χ1v) is 6.84. The van der Waals surface area contributed by atoms with Gasteiger partial charge in [0.15, 0.2) is 0 Å². The van der Waals surface area contributed by atoms with Crippen LogP contribution in [0.2, 0.25) is 0 Å². The fraction of sp³-hybridized carbons (Fsp3) is 0.0833. The van der Waals surface area contributed by atoms with Crippen molar-refractivity contribution in [2.75, 3.05) is 6.26 Å². The fourth-order valence-electron chi connectivity index (χ4n) is 1.57. The molecule has 0 saturated carbocycles. The quantitative estimate of drug-likeness (QED) is 0.836. The predicted octanol–water partition coefficient (Wildman–Crippen LogP) is 1.66. The molecule has 0 aliphatic rings. The molecular formula is C12H10O5S. The summed E-state index contributed by atoms with van der Waals surface area (Å²) in [6.07, 6.45) is 0.767. The van der Waals surface area contributed by atoms with E-state index in [0.29, 0.717) is 5.39 Å². The van der Waals surface area contributed by atoms with E-state index in [9.17, 15) is 18.3 Å². The molecule has 94 valence electrons. The first-order valence-electron chi connectivity index (χ1n) is 5.02. The fourth-order valence-corrected chi connectivity index (χ4v) is 1.94. The number of hydrogen-bond donors (Lipinski definition) is 1. The minimum atomic E-state index is -3.90. The highest BCUT2D eigenvalue weighted by molar-refractivity contribution is 7.86. The third-order valence-electron chi connectivity index (χ3n) is 2.31. The summed E-state index contributed by atoms with van der Waals surface area (Å²) in [4.78, 5) is 11.6. The highest BCUT2D eigenvalue weighted by Gasteiger charge is 2.18. The van der Waals surface area contributed by atoms with Crippen molar-refractivity contribution in [2.45, 2.75) is 0 Å². The molecule has 2 aromatic rings. The highest BCUT2D eigenvalue weighted by Crippen LogP contribution is 2.25. The molecule has 0 amide bonds. The molecule has 5 nitrogen and oxygen atoms in total. The normalized spacial score (nSPS) is 11.4. The van der Waals surface area contributed by atoms with Crippen molar-refractivity contribution in [1.82, 2.24) is 0 Å². The lowest BCUT2D eigenvalue weighted by Crippen LogP contribution is -2.11. The second kappa shape index (κ2) is 4.30. The highest BCUT2D eigenvalue weighted by atomic mass is 32.2. The molecule has 0 unspecified atom stereocenters. The second-order valence-electron chi connectivity index (χ2n) is 3.79. The maximum atomic E-state index is 11.6. The molecule has 0 spiro atoms. The summed E-state index contributed by atoms with van der Waals surface area (Å²) in [5, 5.41) is 11.1. The van der Waals surface area contributed by atoms with E-state index in [2.05, 4.69) is 4.18 Å². The summed E-state index contributed by atoms with van der Waals surface area (Å²) in [6, 6.07) is 9.83. The van der Waals surface area contributed by atoms with Crippen molar-refractivity contribution in [1.29, 1.82) is 0 Å².